The Bertz CT molecular complexity index is 913. The molecule has 27 heavy (non-hydrogen) atoms. The topological polar surface area (TPSA) is 93.5 Å². The van der Waals surface area contributed by atoms with E-state index >= 15 is 0 Å². The maximum absolute atomic E-state index is 12.6. The van der Waals surface area contributed by atoms with Gasteiger partial charge in [-0.3, -0.25) is 9.36 Å². The summed E-state index contributed by atoms with van der Waals surface area (Å²) in [6, 6.07) is 10.3. The summed E-state index contributed by atoms with van der Waals surface area (Å²) in [6.07, 6.45) is 1.93. The van der Waals surface area contributed by atoms with Gasteiger partial charge in [-0.25, -0.2) is 4.79 Å². The molecule has 0 unspecified atom stereocenters. The van der Waals surface area contributed by atoms with Crippen LogP contribution in [0.25, 0.3) is 0 Å². The first-order chi connectivity index (χ1) is 12.9. The number of aliphatic hydroxyl groups excluding tert-OH is 1. The lowest BCUT2D eigenvalue weighted by Crippen LogP contribution is -2.38. The van der Waals surface area contributed by atoms with Gasteiger partial charge < -0.3 is 15.2 Å². The van der Waals surface area contributed by atoms with E-state index in [-0.39, 0.29) is 23.6 Å². The fourth-order valence-electron chi connectivity index (χ4n) is 4.47. The van der Waals surface area contributed by atoms with Crippen molar-refractivity contribution in [2.75, 3.05) is 5.32 Å². The first-order valence-corrected chi connectivity index (χ1v) is 9.26. The highest BCUT2D eigenvalue weighted by atomic mass is 16.6. The SMILES string of the molecule is CC[C@@]12C[C@@H](C)[C@H]([C@H](n3ccc(NC(=O)c4ccccc4)nc3=O)O1)[C@@H]2O. The Morgan fingerprint density at radius 3 is 2.74 bits per heavy atom. The van der Waals surface area contributed by atoms with Crippen LogP contribution in [0.2, 0.25) is 0 Å². The van der Waals surface area contributed by atoms with E-state index in [4.69, 9.17) is 4.74 Å². The third kappa shape index (κ3) is 2.87. The van der Waals surface area contributed by atoms with Crippen LogP contribution in [0.1, 0.15) is 43.3 Å². The van der Waals surface area contributed by atoms with Crippen LogP contribution >= 0.6 is 0 Å². The van der Waals surface area contributed by atoms with Crippen molar-refractivity contribution in [3.63, 3.8) is 0 Å². The van der Waals surface area contributed by atoms with Gasteiger partial charge in [-0.1, -0.05) is 32.0 Å². The van der Waals surface area contributed by atoms with Gasteiger partial charge in [-0.15, -0.1) is 0 Å². The number of amides is 1. The molecule has 0 radical (unpaired) electrons. The predicted octanol–water partition coefficient (Wildman–Crippen LogP) is 2.19. The second-order valence-electron chi connectivity index (χ2n) is 7.45. The van der Waals surface area contributed by atoms with Gasteiger partial charge in [0.15, 0.2) is 0 Å². The van der Waals surface area contributed by atoms with Crippen molar-refractivity contribution in [1.29, 1.82) is 0 Å². The van der Waals surface area contributed by atoms with E-state index < -0.39 is 23.6 Å². The molecule has 1 aromatic carbocycles. The number of hydrogen-bond acceptors (Lipinski definition) is 5. The molecule has 1 aromatic heterocycles. The first-order valence-electron chi connectivity index (χ1n) is 9.26. The lowest BCUT2D eigenvalue weighted by molar-refractivity contribution is -0.131. The molecule has 2 aromatic rings. The second kappa shape index (κ2) is 6.58. The summed E-state index contributed by atoms with van der Waals surface area (Å²) in [4.78, 5) is 28.8. The van der Waals surface area contributed by atoms with Gasteiger partial charge in [0.05, 0.1) is 11.7 Å². The van der Waals surface area contributed by atoms with Gasteiger partial charge in [0.2, 0.25) is 0 Å². The van der Waals surface area contributed by atoms with E-state index in [1.165, 1.54) is 4.57 Å². The van der Waals surface area contributed by atoms with E-state index in [9.17, 15) is 14.7 Å². The monoisotopic (exact) mass is 369 g/mol. The lowest BCUT2D eigenvalue weighted by atomic mass is 9.94. The Balaban J connectivity index is 1.57. The number of benzene rings is 1. The summed E-state index contributed by atoms with van der Waals surface area (Å²) in [7, 11) is 0. The number of nitrogens with one attached hydrogen (secondary N) is 1. The Morgan fingerprint density at radius 1 is 1.37 bits per heavy atom. The number of rotatable bonds is 4. The van der Waals surface area contributed by atoms with Crippen molar-refractivity contribution in [3.8, 4) is 0 Å². The molecule has 2 heterocycles. The number of hydrogen-bond donors (Lipinski definition) is 2. The maximum atomic E-state index is 12.6. The summed E-state index contributed by atoms with van der Waals surface area (Å²) >= 11 is 0. The molecule has 2 N–H and O–H groups in total. The molecule has 142 valence electrons. The molecule has 2 aliphatic rings. The van der Waals surface area contributed by atoms with Crippen molar-refractivity contribution in [1.82, 2.24) is 9.55 Å². The van der Waals surface area contributed by atoms with Crippen LogP contribution in [-0.4, -0.2) is 32.3 Å². The van der Waals surface area contributed by atoms with Crippen LogP contribution in [0.15, 0.2) is 47.4 Å². The summed E-state index contributed by atoms with van der Waals surface area (Å²) < 4.78 is 7.54. The normalized spacial score (nSPS) is 31.8. The minimum atomic E-state index is -0.591. The highest BCUT2D eigenvalue weighted by Crippen LogP contribution is 2.56. The number of aliphatic hydroxyl groups is 1. The molecule has 4 rings (SSSR count). The first kappa shape index (κ1) is 17.9. The van der Waals surface area contributed by atoms with Gasteiger partial charge in [0.1, 0.15) is 12.0 Å². The number of carbonyl (C=O) groups excluding carboxylic acids is 1. The molecular weight excluding hydrogens is 346 g/mol. The number of nitrogens with zero attached hydrogens (tertiary/aromatic N) is 2. The van der Waals surface area contributed by atoms with Crippen LogP contribution in [0, 0.1) is 11.8 Å². The van der Waals surface area contributed by atoms with Crippen molar-refractivity contribution in [2.24, 2.45) is 11.8 Å². The maximum Gasteiger partial charge on any atom is 0.351 e. The Hall–Kier alpha value is -2.51. The largest absolute Gasteiger partial charge is 0.390 e. The zero-order chi connectivity index (χ0) is 19.2. The molecule has 0 spiro atoms. The summed E-state index contributed by atoms with van der Waals surface area (Å²) in [5.74, 6) is -0.0327. The third-order valence-electron chi connectivity index (χ3n) is 5.89. The molecule has 1 saturated heterocycles. The van der Waals surface area contributed by atoms with Crippen LogP contribution in [0.4, 0.5) is 5.82 Å². The van der Waals surface area contributed by atoms with Gasteiger partial charge >= 0.3 is 5.69 Å². The van der Waals surface area contributed by atoms with Crippen LogP contribution in [0.3, 0.4) is 0 Å². The van der Waals surface area contributed by atoms with E-state index in [0.717, 1.165) is 6.42 Å². The van der Waals surface area contributed by atoms with Crippen molar-refractivity contribution >= 4 is 11.7 Å². The molecule has 1 saturated carbocycles. The van der Waals surface area contributed by atoms with Gasteiger partial charge in [0.25, 0.3) is 5.91 Å². The highest BCUT2D eigenvalue weighted by molar-refractivity contribution is 6.03. The summed E-state index contributed by atoms with van der Waals surface area (Å²) in [6.45, 7) is 4.07. The Labute approximate surface area is 157 Å². The Kier molecular flexibility index (Phi) is 4.36. The zero-order valence-electron chi connectivity index (χ0n) is 15.3. The van der Waals surface area contributed by atoms with Crippen LogP contribution in [0.5, 0.6) is 0 Å². The third-order valence-corrected chi connectivity index (χ3v) is 5.89. The number of carbonyl (C=O) groups is 1. The summed E-state index contributed by atoms with van der Waals surface area (Å²) in [5, 5.41) is 13.3. The summed E-state index contributed by atoms with van der Waals surface area (Å²) in [5.41, 5.74) is -0.611. The van der Waals surface area contributed by atoms with E-state index in [1.54, 1.807) is 36.5 Å². The van der Waals surface area contributed by atoms with Gasteiger partial charge in [-0.2, -0.15) is 4.98 Å². The molecule has 2 fully saturated rings. The smallest absolute Gasteiger partial charge is 0.351 e. The molecule has 1 amide bonds. The van der Waals surface area contributed by atoms with Gasteiger partial charge in [0, 0.05) is 17.7 Å². The minimum Gasteiger partial charge on any atom is -0.390 e. The van der Waals surface area contributed by atoms with Crippen molar-refractivity contribution < 1.29 is 14.6 Å². The van der Waals surface area contributed by atoms with Gasteiger partial charge in [-0.05, 0) is 37.0 Å². The fraction of sp³-hybridized carbons (Fsp3) is 0.450. The Morgan fingerprint density at radius 2 is 2.11 bits per heavy atom. The minimum absolute atomic E-state index is 0.144. The molecule has 1 aliphatic heterocycles. The molecule has 2 bridgehead atoms. The van der Waals surface area contributed by atoms with E-state index in [1.807, 2.05) is 13.0 Å². The number of ether oxygens (including phenoxy) is 1. The molecular formula is C20H23N3O4. The number of aromatic nitrogens is 2. The van der Waals surface area contributed by atoms with Crippen molar-refractivity contribution in [2.45, 2.75) is 44.6 Å². The highest BCUT2D eigenvalue weighted by Gasteiger charge is 2.62. The second-order valence-corrected chi connectivity index (χ2v) is 7.45. The van der Waals surface area contributed by atoms with E-state index in [0.29, 0.717) is 12.0 Å². The van der Waals surface area contributed by atoms with Crippen molar-refractivity contribution in [3.05, 3.63) is 58.6 Å². The zero-order valence-corrected chi connectivity index (χ0v) is 15.3. The molecule has 7 nitrogen and oxygen atoms in total. The average Bonchev–Trinajstić information content (AvgIpc) is 3.08. The molecule has 7 heteroatoms. The number of fused-ring (bicyclic) bond motifs is 2. The van der Waals surface area contributed by atoms with E-state index in [2.05, 4.69) is 17.2 Å². The average molecular weight is 369 g/mol. The van der Waals surface area contributed by atoms with Crippen LogP contribution < -0.4 is 11.0 Å². The fourth-order valence-corrected chi connectivity index (χ4v) is 4.47. The number of anilines is 1. The molecule has 1 aliphatic carbocycles. The quantitative estimate of drug-likeness (QED) is 0.862. The molecule has 5 atom stereocenters. The van der Waals surface area contributed by atoms with Crippen LogP contribution in [-0.2, 0) is 4.74 Å². The standard InChI is InChI=1S/C20H23N3O4/c1-3-20-11-12(2)15(16(20)24)18(27-20)23-10-9-14(22-19(23)26)21-17(25)13-7-5-4-6-8-13/h4-10,12,15-16,18,24H,3,11H2,1-2H3,(H,21,22,25,26)/t12-,15+,16+,18-,20+/m1/s1. The lowest BCUT2D eigenvalue weighted by Gasteiger charge is -2.33. The predicted molar refractivity (Wildman–Crippen MR) is 99.3 cm³/mol.